The minimum atomic E-state index is 0.238. The number of aliphatic hydroxyl groups excluding tert-OH is 1. The van der Waals surface area contributed by atoms with Gasteiger partial charge in [-0.2, -0.15) is 0 Å². The first kappa shape index (κ1) is 12.9. The summed E-state index contributed by atoms with van der Waals surface area (Å²) >= 11 is 0. The molecule has 0 saturated heterocycles. The Bertz CT molecular complexity index is 92.9. The van der Waals surface area contributed by atoms with Gasteiger partial charge in [0.2, 0.25) is 0 Å². The Labute approximate surface area is 82.1 Å². The first-order valence-electron chi connectivity index (χ1n) is 5.39. The molecule has 0 amide bonds. The molecule has 13 heavy (non-hydrogen) atoms. The quantitative estimate of drug-likeness (QED) is 0.523. The second-order valence-corrected chi connectivity index (χ2v) is 3.32. The Morgan fingerprint density at radius 3 is 2.08 bits per heavy atom. The summed E-state index contributed by atoms with van der Waals surface area (Å²) in [5, 5.41) is 11.8. The lowest BCUT2D eigenvalue weighted by Gasteiger charge is -2.20. The van der Waals surface area contributed by atoms with Crippen molar-refractivity contribution < 1.29 is 5.11 Å². The van der Waals surface area contributed by atoms with Crippen molar-refractivity contribution in [1.29, 1.82) is 0 Å². The first-order valence-corrected chi connectivity index (χ1v) is 5.39. The van der Waals surface area contributed by atoms with Crippen molar-refractivity contribution in [1.82, 2.24) is 10.2 Å². The molecule has 0 radical (unpaired) electrons. The standard InChI is InChI=1S/C10H24N2O/c1-3-7-12(8-4-2)9-5-11-6-10-13/h11,13H,3-10H2,1-2H3. The highest BCUT2D eigenvalue weighted by Gasteiger charge is 2.00. The molecule has 0 saturated carbocycles. The molecule has 0 fully saturated rings. The SMILES string of the molecule is CCCN(CCC)CCNCCO. The van der Waals surface area contributed by atoms with E-state index in [0.29, 0.717) is 6.54 Å². The van der Waals surface area contributed by atoms with Gasteiger partial charge < -0.3 is 15.3 Å². The van der Waals surface area contributed by atoms with E-state index < -0.39 is 0 Å². The number of nitrogens with zero attached hydrogens (tertiary/aromatic N) is 1. The van der Waals surface area contributed by atoms with Gasteiger partial charge in [0.05, 0.1) is 6.61 Å². The van der Waals surface area contributed by atoms with E-state index in [4.69, 9.17) is 5.11 Å². The summed E-state index contributed by atoms with van der Waals surface area (Å²) in [6, 6.07) is 0. The van der Waals surface area contributed by atoms with Crippen LogP contribution in [-0.4, -0.2) is 49.3 Å². The molecule has 0 unspecified atom stereocenters. The van der Waals surface area contributed by atoms with Crippen LogP contribution >= 0.6 is 0 Å². The van der Waals surface area contributed by atoms with Gasteiger partial charge in [-0.25, -0.2) is 0 Å². The molecule has 0 aliphatic heterocycles. The number of aliphatic hydroxyl groups is 1. The number of nitrogens with one attached hydrogen (secondary N) is 1. The fraction of sp³-hybridized carbons (Fsp3) is 1.00. The molecule has 0 aromatic heterocycles. The Hall–Kier alpha value is -0.120. The van der Waals surface area contributed by atoms with Crippen LogP contribution in [0.2, 0.25) is 0 Å². The molecular formula is C10H24N2O. The van der Waals surface area contributed by atoms with Gasteiger partial charge in [-0.15, -0.1) is 0 Å². The predicted molar refractivity (Wildman–Crippen MR) is 57.0 cm³/mol. The summed E-state index contributed by atoms with van der Waals surface area (Å²) in [4.78, 5) is 2.46. The van der Waals surface area contributed by atoms with Crippen molar-refractivity contribution in [2.45, 2.75) is 26.7 Å². The van der Waals surface area contributed by atoms with Crippen molar-refractivity contribution in [3.8, 4) is 0 Å². The van der Waals surface area contributed by atoms with Crippen LogP contribution in [0.3, 0.4) is 0 Å². The van der Waals surface area contributed by atoms with E-state index in [1.165, 1.54) is 25.9 Å². The normalized spacial score (nSPS) is 11.1. The largest absolute Gasteiger partial charge is 0.395 e. The Morgan fingerprint density at radius 2 is 1.62 bits per heavy atom. The highest BCUT2D eigenvalue weighted by Crippen LogP contribution is 1.92. The summed E-state index contributed by atoms with van der Waals surface area (Å²) in [5.41, 5.74) is 0. The summed E-state index contributed by atoms with van der Waals surface area (Å²) in [6.07, 6.45) is 2.44. The van der Waals surface area contributed by atoms with Crippen molar-refractivity contribution in [2.24, 2.45) is 0 Å². The van der Waals surface area contributed by atoms with Gasteiger partial charge in [-0.3, -0.25) is 0 Å². The molecule has 80 valence electrons. The van der Waals surface area contributed by atoms with Crippen LogP contribution in [0.4, 0.5) is 0 Å². The Balaban J connectivity index is 3.33. The smallest absolute Gasteiger partial charge is 0.0555 e. The van der Waals surface area contributed by atoms with Crippen LogP contribution in [0.15, 0.2) is 0 Å². The molecule has 0 aromatic carbocycles. The molecule has 3 heteroatoms. The fourth-order valence-electron chi connectivity index (χ4n) is 1.41. The predicted octanol–water partition coefficient (Wildman–Crippen LogP) is 0.690. The maximum absolute atomic E-state index is 8.56. The molecule has 0 heterocycles. The molecule has 0 aromatic rings. The van der Waals surface area contributed by atoms with E-state index in [9.17, 15) is 0 Å². The van der Waals surface area contributed by atoms with Crippen LogP contribution in [0, 0.1) is 0 Å². The van der Waals surface area contributed by atoms with Crippen molar-refractivity contribution in [3.05, 3.63) is 0 Å². The maximum atomic E-state index is 8.56. The van der Waals surface area contributed by atoms with E-state index in [0.717, 1.165) is 13.1 Å². The lowest BCUT2D eigenvalue weighted by molar-refractivity contribution is 0.260. The lowest BCUT2D eigenvalue weighted by Crippen LogP contribution is -2.34. The Kier molecular flexibility index (Phi) is 9.87. The highest BCUT2D eigenvalue weighted by atomic mass is 16.3. The van der Waals surface area contributed by atoms with Gasteiger partial charge in [0.25, 0.3) is 0 Å². The number of hydrogen-bond acceptors (Lipinski definition) is 3. The molecule has 0 aliphatic carbocycles. The zero-order valence-corrected chi connectivity index (χ0v) is 9.05. The molecule has 0 aliphatic rings. The first-order chi connectivity index (χ1) is 6.35. The molecule has 0 spiro atoms. The number of rotatable bonds is 9. The minimum absolute atomic E-state index is 0.238. The second-order valence-electron chi connectivity index (χ2n) is 3.32. The second kappa shape index (κ2) is 9.96. The van der Waals surface area contributed by atoms with E-state index in [1.54, 1.807) is 0 Å². The Morgan fingerprint density at radius 1 is 1.00 bits per heavy atom. The van der Waals surface area contributed by atoms with E-state index in [2.05, 4.69) is 24.1 Å². The van der Waals surface area contributed by atoms with Crippen LogP contribution in [0.1, 0.15) is 26.7 Å². The van der Waals surface area contributed by atoms with Gasteiger partial charge in [0, 0.05) is 19.6 Å². The third kappa shape index (κ3) is 8.22. The molecule has 0 rings (SSSR count). The van der Waals surface area contributed by atoms with Crippen molar-refractivity contribution in [3.63, 3.8) is 0 Å². The van der Waals surface area contributed by atoms with E-state index >= 15 is 0 Å². The molecule has 3 nitrogen and oxygen atoms in total. The summed E-state index contributed by atoms with van der Waals surface area (Å²) in [7, 11) is 0. The van der Waals surface area contributed by atoms with Gasteiger partial charge in [0.15, 0.2) is 0 Å². The zero-order valence-electron chi connectivity index (χ0n) is 9.05. The van der Waals surface area contributed by atoms with Crippen LogP contribution < -0.4 is 5.32 Å². The average molecular weight is 188 g/mol. The van der Waals surface area contributed by atoms with Gasteiger partial charge in [-0.1, -0.05) is 13.8 Å². The van der Waals surface area contributed by atoms with Gasteiger partial charge in [0.1, 0.15) is 0 Å². The van der Waals surface area contributed by atoms with Gasteiger partial charge in [-0.05, 0) is 25.9 Å². The van der Waals surface area contributed by atoms with E-state index in [-0.39, 0.29) is 6.61 Å². The van der Waals surface area contributed by atoms with Crippen molar-refractivity contribution >= 4 is 0 Å². The van der Waals surface area contributed by atoms with Gasteiger partial charge >= 0.3 is 0 Å². The molecule has 0 atom stereocenters. The van der Waals surface area contributed by atoms with Crippen LogP contribution in [0.25, 0.3) is 0 Å². The molecule has 0 bridgehead atoms. The lowest BCUT2D eigenvalue weighted by atomic mass is 10.3. The monoisotopic (exact) mass is 188 g/mol. The summed E-state index contributed by atoms with van der Waals surface area (Å²) in [6.45, 7) is 9.84. The zero-order chi connectivity index (χ0) is 9.94. The number of hydrogen-bond donors (Lipinski definition) is 2. The van der Waals surface area contributed by atoms with Crippen LogP contribution in [0.5, 0.6) is 0 Å². The average Bonchev–Trinajstić information content (AvgIpc) is 2.13. The summed E-state index contributed by atoms with van der Waals surface area (Å²) < 4.78 is 0. The minimum Gasteiger partial charge on any atom is -0.395 e. The summed E-state index contributed by atoms with van der Waals surface area (Å²) in [5.74, 6) is 0. The van der Waals surface area contributed by atoms with Crippen LogP contribution in [-0.2, 0) is 0 Å². The third-order valence-corrected chi connectivity index (χ3v) is 1.97. The highest BCUT2D eigenvalue weighted by molar-refractivity contribution is 4.58. The molecular weight excluding hydrogens is 164 g/mol. The van der Waals surface area contributed by atoms with E-state index in [1.807, 2.05) is 0 Å². The van der Waals surface area contributed by atoms with Crippen molar-refractivity contribution in [2.75, 3.05) is 39.3 Å². The molecule has 2 N–H and O–H groups in total. The third-order valence-electron chi connectivity index (χ3n) is 1.97. The maximum Gasteiger partial charge on any atom is 0.0555 e. The topological polar surface area (TPSA) is 35.5 Å². The fourth-order valence-corrected chi connectivity index (χ4v) is 1.41.